The quantitative estimate of drug-likeness (QED) is 0.0227. The zero-order valence-corrected chi connectivity index (χ0v) is 59.1. The van der Waals surface area contributed by atoms with Gasteiger partial charge in [-0.05, 0) is 213 Å². The van der Waals surface area contributed by atoms with Gasteiger partial charge in [0.15, 0.2) is 0 Å². The first-order valence-corrected chi connectivity index (χ1v) is 31.6. The molecular weight excluding hydrogens is 1360 g/mol. The summed E-state index contributed by atoms with van der Waals surface area (Å²) in [5.41, 5.74) is 1.62. The maximum absolute atomic E-state index is 13.2. The summed E-state index contributed by atoms with van der Waals surface area (Å²) in [5.74, 6) is 3.58. The Morgan fingerprint density at radius 2 is 0.734 bits per heavy atom. The van der Waals surface area contributed by atoms with Crippen LogP contribution < -0.4 is 122 Å². The zero-order valence-electron chi connectivity index (χ0n) is 49.6. The molecule has 0 unspecified atom stereocenters. The maximum Gasteiger partial charge on any atom is 1.00 e. The Balaban J connectivity index is 0.000000309. The van der Waals surface area contributed by atoms with E-state index in [1.165, 1.54) is 97.1 Å². The zero-order chi connectivity index (χ0) is 67.6. The molecule has 0 aliphatic heterocycles. The smallest absolute Gasteiger partial charge is 0.744 e. The van der Waals surface area contributed by atoms with Crippen LogP contribution in [0.15, 0.2) is 248 Å². The van der Waals surface area contributed by atoms with E-state index < -0.39 is 78.7 Å². The second-order valence-electron chi connectivity index (χ2n) is 18.5. The van der Waals surface area contributed by atoms with E-state index >= 15 is 0 Å². The molecular formula is C66H48F4K2O18S4. The molecule has 10 rings (SSSR count). The van der Waals surface area contributed by atoms with Gasteiger partial charge in [-0.25, -0.2) is 51.2 Å². The number of phenolic OH excluding ortho intramolecular Hbond substituents is 4. The van der Waals surface area contributed by atoms with E-state index in [1.54, 1.807) is 61.7 Å². The molecule has 18 nitrogen and oxygen atoms in total. The SMILES string of the molecule is C#Cc1cc(C)cc(Oc2ccc(Oc3ccc(S(=O)(=O)c4ccc(Oc5ccc(OC)cc5)cc4)cc3)c(S(=O)(=O)[O-])c2)c1.C#Cc1cc(F)cc(F)c1.O=S(=O)([O-])c1cc(O)ccc1O.O=S(=O)(c1ccc(F)cc1)c1ccc(F)cc1.Oc1ccc(O)cc1.[K+].[K+]. The summed E-state index contributed by atoms with van der Waals surface area (Å²) in [5, 5.41) is 35.0. The number of benzene rings is 10. The van der Waals surface area contributed by atoms with Crippen LogP contribution in [0.1, 0.15) is 16.7 Å². The minimum absolute atomic E-state index is 0. The third kappa shape index (κ3) is 24.0. The van der Waals surface area contributed by atoms with Crippen LogP contribution in [0.5, 0.6) is 63.2 Å². The first kappa shape index (κ1) is 78.9. The predicted molar refractivity (Wildman–Crippen MR) is 325 cm³/mol. The van der Waals surface area contributed by atoms with Gasteiger partial charge in [0.05, 0.1) is 31.6 Å². The van der Waals surface area contributed by atoms with Crippen LogP contribution in [0.4, 0.5) is 17.6 Å². The van der Waals surface area contributed by atoms with Crippen molar-refractivity contribution in [1.29, 1.82) is 0 Å². The fourth-order valence-electron chi connectivity index (χ4n) is 7.43. The number of aromatic hydroxyl groups is 4. The summed E-state index contributed by atoms with van der Waals surface area (Å²) in [6, 6.07) is 47.4. The van der Waals surface area contributed by atoms with Crippen LogP contribution in [0, 0.1) is 54.9 Å². The number of phenols is 4. The fourth-order valence-corrected chi connectivity index (χ4v) is 11.2. The van der Waals surface area contributed by atoms with Crippen molar-refractivity contribution >= 4 is 39.9 Å². The first-order chi connectivity index (χ1) is 43.4. The Hall–Kier alpha value is -7.57. The van der Waals surface area contributed by atoms with Crippen LogP contribution in [-0.2, 0) is 39.9 Å². The number of halogens is 4. The molecule has 0 saturated heterocycles. The number of terminal acetylenes is 2. The molecule has 0 aliphatic carbocycles. The third-order valence-electron chi connectivity index (χ3n) is 11.8. The van der Waals surface area contributed by atoms with Crippen LogP contribution in [0.25, 0.3) is 0 Å². The molecule has 4 N–H and O–H groups in total. The Morgan fingerprint density at radius 1 is 0.372 bits per heavy atom. The summed E-state index contributed by atoms with van der Waals surface area (Å²) in [6.45, 7) is 1.82. The van der Waals surface area contributed by atoms with E-state index in [0.717, 1.165) is 66.2 Å². The Morgan fingerprint density at radius 3 is 1.14 bits per heavy atom. The fraction of sp³-hybridized carbons (Fsp3) is 0.0303. The molecule has 94 heavy (non-hydrogen) atoms. The van der Waals surface area contributed by atoms with Gasteiger partial charge in [-0.15, -0.1) is 12.8 Å². The molecule has 0 heterocycles. The predicted octanol–water partition coefficient (Wildman–Crippen LogP) is 6.95. The summed E-state index contributed by atoms with van der Waals surface area (Å²) < 4.78 is 190. The molecule has 0 atom stereocenters. The molecule has 0 amide bonds. The molecule has 0 aliphatic rings. The van der Waals surface area contributed by atoms with Gasteiger partial charge in [0.2, 0.25) is 19.7 Å². The van der Waals surface area contributed by atoms with E-state index in [9.17, 15) is 60.3 Å². The molecule has 474 valence electrons. The standard InChI is InChI=1S/C34H26O9S2.C12H8F2O2S.C8H4F2.C6H6O5S.C6H6O2.2K/c1-4-24-19-23(2)20-30(21-24)42-29-13-18-33(34(22-29)45(37,38)39)43-28-11-16-32(17-12-28)44(35,36)31-14-9-27(10-15-31)41-26-7-5-25(40-3)6-8-26;13-9-1-5-11(6-2-9)17(15,16)12-7-3-10(14)4-8-12;1-2-6-3-7(9)5-8(10)4-6;7-4-1-2-5(8)6(3-4)12(9,10)11;7-5-1-2-6(8)4-3-5;;/h1,5-22H,2-3H3,(H,37,38,39);1-8H;1,3-5H;1-3,7-8H,(H,9,10,11);1-4,7-8H;;/q;;;;;2*+1/p-2. The molecule has 0 spiro atoms. The van der Waals surface area contributed by atoms with Gasteiger partial charge in [-0.2, -0.15) is 0 Å². The van der Waals surface area contributed by atoms with Crippen molar-refractivity contribution < 1.29 is 202 Å². The maximum atomic E-state index is 13.2. The Labute approximate surface area is 624 Å². The topological polar surface area (TPSA) is 301 Å². The number of methoxy groups -OCH3 is 1. The molecule has 10 aromatic carbocycles. The summed E-state index contributed by atoms with van der Waals surface area (Å²) in [6.07, 6.45) is 10.4. The van der Waals surface area contributed by atoms with Crippen molar-refractivity contribution in [3.63, 3.8) is 0 Å². The summed E-state index contributed by atoms with van der Waals surface area (Å²) >= 11 is 0. The third-order valence-corrected chi connectivity index (χ3v) is 17.1. The van der Waals surface area contributed by atoms with Gasteiger partial charge < -0.3 is 48.5 Å². The van der Waals surface area contributed by atoms with Gasteiger partial charge in [0.1, 0.15) is 112 Å². The minimum Gasteiger partial charge on any atom is -0.744 e. The van der Waals surface area contributed by atoms with Crippen LogP contribution in [0.3, 0.4) is 0 Å². The van der Waals surface area contributed by atoms with Crippen molar-refractivity contribution in [3.8, 4) is 87.9 Å². The van der Waals surface area contributed by atoms with Gasteiger partial charge in [-0.3, -0.25) is 0 Å². The van der Waals surface area contributed by atoms with Crippen molar-refractivity contribution in [2.75, 3.05) is 7.11 Å². The first-order valence-electron chi connectivity index (χ1n) is 25.8. The summed E-state index contributed by atoms with van der Waals surface area (Å²) in [4.78, 5) is -1.50. The average Bonchev–Trinajstić information content (AvgIpc) is 0.828. The van der Waals surface area contributed by atoms with E-state index in [1.807, 2.05) is 6.92 Å². The second kappa shape index (κ2) is 35.8. The van der Waals surface area contributed by atoms with Crippen molar-refractivity contribution in [2.24, 2.45) is 0 Å². The molecule has 0 saturated carbocycles. The molecule has 0 bridgehead atoms. The minimum atomic E-state index is -4.98. The van der Waals surface area contributed by atoms with Crippen LogP contribution >= 0.6 is 0 Å². The second-order valence-corrected chi connectivity index (χ2v) is 25.1. The van der Waals surface area contributed by atoms with E-state index in [2.05, 4.69) is 11.8 Å². The summed E-state index contributed by atoms with van der Waals surface area (Å²) in [7, 11) is -15.7. The van der Waals surface area contributed by atoms with Gasteiger partial charge >= 0.3 is 103 Å². The van der Waals surface area contributed by atoms with Crippen LogP contribution in [0.2, 0.25) is 0 Å². The monoisotopic (exact) mass is 1410 g/mol. The number of ether oxygens (including phenoxy) is 4. The van der Waals surface area contributed by atoms with Gasteiger partial charge in [-0.1, -0.05) is 11.8 Å². The normalized spacial score (nSPS) is 10.7. The molecule has 28 heteroatoms. The largest absolute Gasteiger partial charge is 1.00 e. The average molecular weight is 1410 g/mol. The van der Waals surface area contributed by atoms with E-state index in [-0.39, 0.29) is 162 Å². The van der Waals surface area contributed by atoms with Crippen LogP contribution in [-0.4, -0.2) is 70.3 Å². The van der Waals surface area contributed by atoms with E-state index in [4.69, 9.17) is 52.2 Å². The Bertz CT molecular complexity index is 4680. The number of aryl methyl sites for hydroxylation is 1. The molecule has 0 fully saturated rings. The molecule has 10 aromatic rings. The van der Waals surface area contributed by atoms with E-state index in [0.29, 0.717) is 34.6 Å². The van der Waals surface area contributed by atoms with Gasteiger partial charge in [0.25, 0.3) is 0 Å². The van der Waals surface area contributed by atoms with Crippen molar-refractivity contribution in [1.82, 2.24) is 0 Å². The molecule has 0 aromatic heterocycles. The van der Waals surface area contributed by atoms with Crippen molar-refractivity contribution in [2.45, 2.75) is 36.3 Å². The number of hydrogen-bond donors (Lipinski definition) is 4. The number of rotatable bonds is 13. The Kier molecular flexibility index (Phi) is 30.0. The van der Waals surface area contributed by atoms with Crippen molar-refractivity contribution in [3.05, 3.63) is 258 Å². The number of hydrogen-bond acceptors (Lipinski definition) is 18. The van der Waals surface area contributed by atoms with Gasteiger partial charge in [0, 0.05) is 29.3 Å². The molecule has 0 radical (unpaired) electrons. The number of sulfone groups is 2.